The molecule has 1 aromatic rings. The summed E-state index contributed by atoms with van der Waals surface area (Å²) in [4.78, 5) is 14.6. The van der Waals surface area contributed by atoms with Crippen LogP contribution in [0.4, 0.5) is 4.39 Å². The molecule has 0 radical (unpaired) electrons. The number of benzene rings is 1. The summed E-state index contributed by atoms with van der Waals surface area (Å²) in [5.74, 6) is 0.718. The summed E-state index contributed by atoms with van der Waals surface area (Å²) < 4.78 is 18.4. The fraction of sp³-hybridized carbons (Fsp3) is 0.611. The van der Waals surface area contributed by atoms with Crippen molar-refractivity contribution < 1.29 is 13.9 Å². The molecule has 4 rings (SSSR count). The molecule has 3 fully saturated rings. The maximum Gasteiger partial charge on any atom is 0.225 e. The van der Waals surface area contributed by atoms with E-state index >= 15 is 0 Å². The Bertz CT molecular complexity index is 567. The second-order valence-corrected chi connectivity index (χ2v) is 7.21. The highest BCUT2D eigenvalue weighted by Gasteiger charge is 2.50. The summed E-state index contributed by atoms with van der Waals surface area (Å²) in [6.07, 6.45) is 3.75. The quantitative estimate of drug-likeness (QED) is 0.909. The van der Waals surface area contributed by atoms with Crippen LogP contribution in [0.25, 0.3) is 0 Å². The average molecular weight is 318 g/mol. The number of halogens is 1. The lowest BCUT2D eigenvalue weighted by Crippen LogP contribution is -2.58. The molecule has 2 heterocycles. The molecule has 4 nitrogen and oxygen atoms in total. The molecule has 1 aromatic carbocycles. The number of likely N-dealkylation sites (tertiary alicyclic amines) is 1. The van der Waals surface area contributed by atoms with Crippen LogP contribution in [-0.2, 0) is 9.53 Å². The van der Waals surface area contributed by atoms with Crippen molar-refractivity contribution in [1.29, 1.82) is 0 Å². The van der Waals surface area contributed by atoms with Gasteiger partial charge in [0, 0.05) is 24.5 Å². The van der Waals surface area contributed by atoms with Gasteiger partial charge in [-0.15, -0.1) is 0 Å². The number of nitrogens with zero attached hydrogens (tertiary/aromatic N) is 1. The van der Waals surface area contributed by atoms with Gasteiger partial charge in [0.05, 0.1) is 13.3 Å². The van der Waals surface area contributed by atoms with E-state index in [1.54, 1.807) is 0 Å². The van der Waals surface area contributed by atoms with E-state index < -0.39 is 0 Å². The van der Waals surface area contributed by atoms with Crippen LogP contribution in [0.5, 0.6) is 0 Å². The first-order chi connectivity index (χ1) is 11.2. The molecule has 1 spiro atoms. The highest BCUT2D eigenvalue weighted by molar-refractivity contribution is 5.80. The minimum Gasteiger partial charge on any atom is -0.364 e. The smallest absolute Gasteiger partial charge is 0.225 e. The highest BCUT2D eigenvalue weighted by atomic mass is 19.1. The molecular weight excluding hydrogens is 295 g/mol. The minimum absolute atomic E-state index is 0.0762. The van der Waals surface area contributed by atoms with Gasteiger partial charge in [0.15, 0.2) is 0 Å². The van der Waals surface area contributed by atoms with Crippen LogP contribution < -0.4 is 5.32 Å². The fourth-order valence-corrected chi connectivity index (χ4v) is 4.25. The number of nitrogens with one attached hydrogen (secondary N) is 1. The maximum atomic E-state index is 13.0. The molecule has 0 unspecified atom stereocenters. The Morgan fingerprint density at radius 3 is 2.52 bits per heavy atom. The Morgan fingerprint density at radius 1 is 1.22 bits per heavy atom. The largest absolute Gasteiger partial charge is 0.364 e. The lowest BCUT2D eigenvalue weighted by molar-refractivity contribution is -0.142. The van der Waals surface area contributed by atoms with Crippen molar-refractivity contribution in [3.8, 4) is 0 Å². The first kappa shape index (κ1) is 15.1. The summed E-state index contributed by atoms with van der Waals surface area (Å²) in [7, 11) is 0. The molecule has 0 bridgehead atoms. The molecule has 0 atom stereocenters. The third-order valence-electron chi connectivity index (χ3n) is 5.70. The van der Waals surface area contributed by atoms with Gasteiger partial charge in [-0.2, -0.15) is 0 Å². The lowest BCUT2D eigenvalue weighted by atomic mass is 9.68. The highest BCUT2D eigenvalue weighted by Crippen LogP contribution is 2.41. The number of hydrogen-bond donors (Lipinski definition) is 1. The van der Waals surface area contributed by atoms with E-state index in [1.165, 1.54) is 17.7 Å². The van der Waals surface area contributed by atoms with Gasteiger partial charge < -0.3 is 9.64 Å². The van der Waals surface area contributed by atoms with E-state index in [4.69, 9.17) is 4.74 Å². The first-order valence-corrected chi connectivity index (χ1v) is 8.52. The second kappa shape index (κ2) is 5.87. The Kier molecular flexibility index (Phi) is 3.85. The predicted molar refractivity (Wildman–Crippen MR) is 84.4 cm³/mol. The molecule has 5 heteroatoms. The number of carbonyl (C=O) groups is 1. The van der Waals surface area contributed by atoms with Crippen LogP contribution in [0.2, 0.25) is 0 Å². The van der Waals surface area contributed by atoms with Gasteiger partial charge in [-0.3, -0.25) is 10.1 Å². The van der Waals surface area contributed by atoms with Gasteiger partial charge >= 0.3 is 0 Å². The van der Waals surface area contributed by atoms with Gasteiger partial charge in [-0.25, -0.2) is 4.39 Å². The van der Waals surface area contributed by atoms with E-state index in [1.807, 2.05) is 17.0 Å². The molecular formula is C18H23FN2O2. The van der Waals surface area contributed by atoms with Crippen molar-refractivity contribution in [2.45, 2.75) is 37.1 Å². The summed E-state index contributed by atoms with van der Waals surface area (Å²) >= 11 is 0. The van der Waals surface area contributed by atoms with Crippen LogP contribution >= 0.6 is 0 Å². The van der Waals surface area contributed by atoms with E-state index in [9.17, 15) is 9.18 Å². The van der Waals surface area contributed by atoms with Crippen LogP contribution in [0.3, 0.4) is 0 Å². The number of hydrogen-bond acceptors (Lipinski definition) is 3. The van der Waals surface area contributed by atoms with Crippen molar-refractivity contribution >= 4 is 5.91 Å². The molecule has 0 aromatic heterocycles. The van der Waals surface area contributed by atoms with Gasteiger partial charge in [0.25, 0.3) is 0 Å². The van der Waals surface area contributed by atoms with Crippen LogP contribution in [0, 0.1) is 11.7 Å². The lowest BCUT2D eigenvalue weighted by Gasteiger charge is -2.45. The normalized spacial score (nSPS) is 31.3. The first-order valence-electron chi connectivity index (χ1n) is 8.52. The SMILES string of the molecule is O=C(C1CC2(COCN2)C1)N1CCC(c2ccc(F)cc2)CC1. The van der Waals surface area contributed by atoms with E-state index in [0.29, 0.717) is 18.6 Å². The number of amides is 1. The number of rotatable bonds is 2. The monoisotopic (exact) mass is 318 g/mol. The molecule has 2 aliphatic heterocycles. The Hall–Kier alpha value is -1.46. The number of ether oxygens (including phenoxy) is 1. The Balaban J connectivity index is 1.29. The molecule has 124 valence electrons. The fourth-order valence-electron chi connectivity index (χ4n) is 4.25. The topological polar surface area (TPSA) is 41.6 Å². The predicted octanol–water partition coefficient (Wildman–Crippen LogP) is 2.26. The van der Waals surface area contributed by atoms with Crippen LogP contribution in [0.1, 0.15) is 37.2 Å². The third kappa shape index (κ3) is 2.88. The summed E-state index contributed by atoms with van der Waals surface area (Å²) in [6, 6.07) is 6.80. The minimum atomic E-state index is -0.190. The number of carbonyl (C=O) groups excluding carboxylic acids is 1. The molecule has 1 N–H and O–H groups in total. The van der Waals surface area contributed by atoms with E-state index in [0.717, 1.165) is 45.4 Å². The molecule has 1 saturated carbocycles. The zero-order chi connectivity index (χ0) is 15.9. The summed E-state index contributed by atoms with van der Waals surface area (Å²) in [5, 5.41) is 3.37. The van der Waals surface area contributed by atoms with Gasteiger partial charge in [0.1, 0.15) is 5.82 Å². The van der Waals surface area contributed by atoms with Crippen molar-refractivity contribution in [3.63, 3.8) is 0 Å². The second-order valence-electron chi connectivity index (χ2n) is 7.21. The van der Waals surface area contributed by atoms with Crippen molar-refractivity contribution in [3.05, 3.63) is 35.6 Å². The molecule has 1 amide bonds. The van der Waals surface area contributed by atoms with Gasteiger partial charge in [-0.1, -0.05) is 12.1 Å². The Labute approximate surface area is 136 Å². The zero-order valence-corrected chi connectivity index (χ0v) is 13.3. The van der Waals surface area contributed by atoms with Crippen molar-refractivity contribution in [1.82, 2.24) is 10.2 Å². The molecule has 3 aliphatic rings. The molecule has 2 saturated heterocycles. The Morgan fingerprint density at radius 2 is 1.91 bits per heavy atom. The van der Waals surface area contributed by atoms with E-state index in [2.05, 4.69) is 5.32 Å². The molecule has 23 heavy (non-hydrogen) atoms. The standard InChI is InChI=1S/C18H23FN2O2/c19-16-3-1-13(2-4-16)14-5-7-21(8-6-14)17(22)15-9-18(10-15)11-23-12-20-18/h1-4,14-15,20H,5-12H2. The maximum absolute atomic E-state index is 13.0. The third-order valence-corrected chi connectivity index (χ3v) is 5.70. The van der Waals surface area contributed by atoms with Crippen LogP contribution in [-0.4, -0.2) is 42.8 Å². The van der Waals surface area contributed by atoms with Gasteiger partial charge in [-0.05, 0) is 49.3 Å². The van der Waals surface area contributed by atoms with Crippen molar-refractivity contribution in [2.24, 2.45) is 5.92 Å². The van der Waals surface area contributed by atoms with Crippen LogP contribution in [0.15, 0.2) is 24.3 Å². The van der Waals surface area contributed by atoms with Crippen molar-refractivity contribution in [2.75, 3.05) is 26.4 Å². The molecule has 1 aliphatic carbocycles. The number of piperidine rings is 1. The zero-order valence-electron chi connectivity index (χ0n) is 13.3. The summed E-state index contributed by atoms with van der Waals surface area (Å²) in [5.41, 5.74) is 1.26. The summed E-state index contributed by atoms with van der Waals surface area (Å²) in [6.45, 7) is 2.98. The average Bonchev–Trinajstić information content (AvgIpc) is 3.04. The van der Waals surface area contributed by atoms with Gasteiger partial charge in [0.2, 0.25) is 5.91 Å². The van der Waals surface area contributed by atoms with E-state index in [-0.39, 0.29) is 17.3 Å².